The molecule has 0 unspecified atom stereocenters. The highest BCUT2D eigenvalue weighted by Gasteiger charge is 2.23. The highest BCUT2D eigenvalue weighted by atomic mass is 16.2. The number of carbonyl (C=O) groups excluding carboxylic acids is 2. The van der Waals surface area contributed by atoms with Crippen molar-refractivity contribution in [1.82, 2.24) is 9.88 Å². The minimum atomic E-state index is -0.247. The molecule has 5 nitrogen and oxygen atoms in total. The average Bonchev–Trinajstić information content (AvgIpc) is 2.78. The van der Waals surface area contributed by atoms with Gasteiger partial charge in [-0.15, -0.1) is 0 Å². The predicted octanol–water partition coefficient (Wildman–Crippen LogP) is 4.66. The Balaban J connectivity index is 1.52. The first kappa shape index (κ1) is 19.8. The van der Waals surface area contributed by atoms with Gasteiger partial charge in [0.2, 0.25) is 0 Å². The van der Waals surface area contributed by atoms with Gasteiger partial charge in [-0.25, -0.2) is 0 Å². The summed E-state index contributed by atoms with van der Waals surface area (Å²) in [7, 11) is 0. The van der Waals surface area contributed by atoms with Crippen LogP contribution in [0.1, 0.15) is 57.3 Å². The van der Waals surface area contributed by atoms with E-state index in [-0.39, 0.29) is 17.7 Å². The van der Waals surface area contributed by atoms with Crippen LogP contribution in [0.25, 0.3) is 0 Å². The van der Waals surface area contributed by atoms with Crippen molar-refractivity contribution in [3.63, 3.8) is 0 Å². The van der Waals surface area contributed by atoms with Gasteiger partial charge in [0.1, 0.15) is 5.69 Å². The Hall–Kier alpha value is -3.47. The van der Waals surface area contributed by atoms with E-state index in [1.165, 1.54) is 11.8 Å². The maximum atomic E-state index is 13.0. The maximum Gasteiger partial charge on any atom is 0.272 e. The predicted molar refractivity (Wildman–Crippen MR) is 118 cm³/mol. The Morgan fingerprint density at radius 1 is 1.00 bits per heavy atom. The number of anilines is 1. The van der Waals surface area contributed by atoms with E-state index >= 15 is 0 Å². The summed E-state index contributed by atoms with van der Waals surface area (Å²) in [6.45, 7) is 5.39. The van der Waals surface area contributed by atoms with E-state index in [2.05, 4.69) is 36.3 Å². The first-order valence-electron chi connectivity index (χ1n) is 10.3. The topological polar surface area (TPSA) is 62.3 Å². The summed E-state index contributed by atoms with van der Waals surface area (Å²) in [6.07, 6.45) is 2.35. The van der Waals surface area contributed by atoms with E-state index in [1.54, 1.807) is 17.0 Å². The van der Waals surface area contributed by atoms with Crippen molar-refractivity contribution in [2.45, 2.75) is 32.7 Å². The minimum Gasteiger partial charge on any atom is -0.333 e. The highest BCUT2D eigenvalue weighted by Crippen LogP contribution is 2.24. The average molecular weight is 399 g/mol. The van der Waals surface area contributed by atoms with E-state index in [0.717, 1.165) is 23.2 Å². The Bertz CT molecular complexity index is 1090. The first-order chi connectivity index (χ1) is 14.5. The molecule has 30 heavy (non-hydrogen) atoms. The van der Waals surface area contributed by atoms with Crippen LogP contribution in [-0.4, -0.2) is 28.2 Å². The molecule has 1 aromatic heterocycles. The van der Waals surface area contributed by atoms with E-state index < -0.39 is 0 Å². The summed E-state index contributed by atoms with van der Waals surface area (Å²) in [6, 6.07) is 19.2. The number of hydrogen-bond acceptors (Lipinski definition) is 3. The Labute approximate surface area is 176 Å². The Kier molecular flexibility index (Phi) is 5.61. The third-order valence-electron chi connectivity index (χ3n) is 5.49. The van der Waals surface area contributed by atoms with Crippen LogP contribution in [0.4, 0.5) is 5.69 Å². The van der Waals surface area contributed by atoms with Crippen LogP contribution < -0.4 is 5.32 Å². The second-order valence-electron chi connectivity index (χ2n) is 7.87. The van der Waals surface area contributed by atoms with Gasteiger partial charge >= 0.3 is 0 Å². The molecule has 0 saturated carbocycles. The number of nitrogens with one attached hydrogen (secondary N) is 1. The van der Waals surface area contributed by atoms with Crippen LogP contribution in [0, 0.1) is 0 Å². The molecule has 2 amide bonds. The molecule has 0 bridgehead atoms. The molecule has 1 aliphatic rings. The van der Waals surface area contributed by atoms with Crippen LogP contribution >= 0.6 is 0 Å². The van der Waals surface area contributed by atoms with Gasteiger partial charge in [-0.05, 0) is 47.2 Å². The molecule has 1 aliphatic heterocycles. The summed E-state index contributed by atoms with van der Waals surface area (Å²) in [4.78, 5) is 31.9. The molecule has 3 aromatic rings. The molecule has 0 radical (unpaired) electrons. The summed E-state index contributed by atoms with van der Waals surface area (Å²) >= 11 is 0. The molecule has 1 N–H and O–H groups in total. The van der Waals surface area contributed by atoms with Gasteiger partial charge in [0.25, 0.3) is 11.8 Å². The molecule has 0 fully saturated rings. The summed E-state index contributed by atoms with van der Waals surface area (Å²) in [5, 5.41) is 2.98. The molecule has 2 aromatic carbocycles. The monoisotopic (exact) mass is 399 g/mol. The lowest BCUT2D eigenvalue weighted by Gasteiger charge is -2.28. The molecule has 0 atom stereocenters. The van der Waals surface area contributed by atoms with Gasteiger partial charge in [-0.3, -0.25) is 14.6 Å². The molecule has 4 rings (SSSR count). The van der Waals surface area contributed by atoms with Gasteiger partial charge < -0.3 is 10.2 Å². The molecule has 0 saturated heterocycles. The largest absolute Gasteiger partial charge is 0.333 e. The Morgan fingerprint density at radius 3 is 2.53 bits per heavy atom. The smallest absolute Gasteiger partial charge is 0.272 e. The molecule has 2 heterocycles. The van der Waals surface area contributed by atoms with Crippen LogP contribution in [0.15, 0.2) is 66.9 Å². The van der Waals surface area contributed by atoms with Crippen LogP contribution in [0.5, 0.6) is 0 Å². The van der Waals surface area contributed by atoms with E-state index in [0.29, 0.717) is 24.3 Å². The third kappa shape index (κ3) is 4.10. The Morgan fingerprint density at radius 2 is 1.73 bits per heavy atom. The zero-order chi connectivity index (χ0) is 21.1. The molecular weight excluding hydrogens is 374 g/mol. The second kappa shape index (κ2) is 8.49. The summed E-state index contributed by atoms with van der Waals surface area (Å²) < 4.78 is 0. The van der Waals surface area contributed by atoms with Crippen molar-refractivity contribution >= 4 is 17.5 Å². The summed E-state index contributed by atoms with van der Waals surface area (Å²) in [5.41, 5.74) is 5.02. The number of rotatable bonds is 4. The number of benzene rings is 2. The molecule has 0 spiro atoms. The van der Waals surface area contributed by atoms with Crippen LogP contribution in [-0.2, 0) is 13.0 Å². The van der Waals surface area contributed by atoms with Gasteiger partial charge in [-0.1, -0.05) is 56.3 Å². The van der Waals surface area contributed by atoms with Gasteiger partial charge in [0.15, 0.2) is 0 Å². The van der Waals surface area contributed by atoms with E-state index in [4.69, 9.17) is 0 Å². The lowest BCUT2D eigenvalue weighted by Crippen LogP contribution is -2.36. The summed E-state index contributed by atoms with van der Waals surface area (Å²) in [5.74, 6) is -0.108. The normalized spacial score (nSPS) is 13.1. The number of para-hydroxylation sites is 1. The fourth-order valence-corrected chi connectivity index (χ4v) is 3.83. The van der Waals surface area contributed by atoms with Crippen molar-refractivity contribution in [2.75, 3.05) is 11.9 Å². The van der Waals surface area contributed by atoms with Gasteiger partial charge in [-0.2, -0.15) is 0 Å². The van der Waals surface area contributed by atoms with Crippen molar-refractivity contribution in [3.8, 4) is 0 Å². The van der Waals surface area contributed by atoms with Crippen molar-refractivity contribution in [3.05, 3.63) is 94.8 Å². The number of aromatic nitrogens is 1. The minimum absolute atomic E-state index is 0.151. The lowest BCUT2D eigenvalue weighted by atomic mass is 9.99. The second-order valence-corrected chi connectivity index (χ2v) is 7.87. The number of nitrogens with zero attached hydrogens (tertiary/aromatic N) is 2. The fourth-order valence-electron chi connectivity index (χ4n) is 3.83. The quantitative estimate of drug-likeness (QED) is 0.694. The number of hydrogen-bond donors (Lipinski definition) is 1. The van der Waals surface area contributed by atoms with E-state index in [9.17, 15) is 9.59 Å². The van der Waals surface area contributed by atoms with Crippen LogP contribution in [0.2, 0.25) is 0 Å². The number of carbonyl (C=O) groups is 2. The highest BCUT2D eigenvalue weighted by molar-refractivity contribution is 6.06. The van der Waals surface area contributed by atoms with Gasteiger partial charge in [0.05, 0.1) is 0 Å². The maximum absolute atomic E-state index is 13.0. The molecule has 0 aliphatic carbocycles. The number of fused-ring (bicyclic) bond motifs is 1. The SMILES string of the molecule is CC(C)c1ccccc1NC(=O)c1ccnc(C(=O)N2CCc3ccccc3C2)c1. The lowest BCUT2D eigenvalue weighted by molar-refractivity contribution is 0.0728. The molecule has 152 valence electrons. The van der Waals surface area contributed by atoms with Crippen molar-refractivity contribution in [2.24, 2.45) is 0 Å². The van der Waals surface area contributed by atoms with Crippen molar-refractivity contribution < 1.29 is 9.59 Å². The first-order valence-corrected chi connectivity index (χ1v) is 10.3. The fraction of sp³-hybridized carbons (Fsp3) is 0.240. The van der Waals surface area contributed by atoms with Crippen LogP contribution in [0.3, 0.4) is 0 Å². The molecular formula is C25H25N3O2. The third-order valence-corrected chi connectivity index (χ3v) is 5.49. The van der Waals surface area contributed by atoms with E-state index in [1.807, 2.05) is 36.4 Å². The number of pyridine rings is 1. The van der Waals surface area contributed by atoms with Gasteiger partial charge in [0, 0.05) is 30.5 Å². The van der Waals surface area contributed by atoms with Crippen molar-refractivity contribution in [1.29, 1.82) is 0 Å². The standard InChI is InChI=1S/C25H25N3O2/c1-17(2)21-9-5-6-10-22(21)27-24(29)19-11-13-26-23(15-19)25(30)28-14-12-18-7-3-4-8-20(18)16-28/h3-11,13,15,17H,12,14,16H2,1-2H3,(H,27,29). The zero-order valence-electron chi connectivity index (χ0n) is 17.3. The molecule has 5 heteroatoms. The number of amides is 2. The zero-order valence-corrected chi connectivity index (χ0v) is 17.3.